The van der Waals surface area contributed by atoms with Crippen molar-refractivity contribution in [2.24, 2.45) is 0 Å². The zero-order valence-corrected chi connectivity index (χ0v) is 13.4. The Hall–Kier alpha value is 0.310. The van der Waals surface area contributed by atoms with Crippen LogP contribution in [-0.2, 0) is 4.52 Å². The monoisotopic (exact) mass is 280 g/mol. The van der Waals surface area contributed by atoms with E-state index >= 15 is 0 Å². The zero-order chi connectivity index (χ0) is 13.9. The van der Waals surface area contributed by atoms with Crippen molar-refractivity contribution in [3.05, 3.63) is 0 Å². The maximum absolute atomic E-state index is 10.6. The average molecular weight is 280 g/mol. The molecule has 0 unspecified atom stereocenters. The maximum atomic E-state index is 10.6. The van der Waals surface area contributed by atoms with Gasteiger partial charge >= 0.3 is 113 Å². The molecule has 0 fully saturated rings. The van der Waals surface area contributed by atoms with Gasteiger partial charge in [0.05, 0.1) is 0 Å². The van der Waals surface area contributed by atoms with Crippen molar-refractivity contribution in [1.82, 2.24) is 0 Å². The molecule has 4 heteroatoms. The Kier molecular flexibility index (Phi) is 9.41. The van der Waals surface area contributed by atoms with Gasteiger partial charge in [-0.1, -0.05) is 0 Å². The standard InChI is InChI=1S/C14H33O3P/c1-4-7-10-11-12-17-18(15,16,13-8-5-2)14-9-6-3/h15-16H,4-14H2,1-3H3. The van der Waals surface area contributed by atoms with Gasteiger partial charge in [-0.15, -0.1) is 0 Å². The minimum atomic E-state index is -3.83. The number of hydrogen-bond donors (Lipinski definition) is 2. The van der Waals surface area contributed by atoms with Gasteiger partial charge in [0.2, 0.25) is 0 Å². The van der Waals surface area contributed by atoms with Crippen molar-refractivity contribution in [1.29, 1.82) is 0 Å². The first-order chi connectivity index (χ1) is 8.46. The molecule has 3 nitrogen and oxygen atoms in total. The van der Waals surface area contributed by atoms with Gasteiger partial charge in [0.1, 0.15) is 0 Å². The van der Waals surface area contributed by atoms with Crippen LogP contribution in [0.3, 0.4) is 0 Å². The van der Waals surface area contributed by atoms with E-state index in [1.54, 1.807) is 0 Å². The molecule has 0 heterocycles. The number of hydrogen-bond acceptors (Lipinski definition) is 3. The molecule has 0 aromatic rings. The van der Waals surface area contributed by atoms with Crippen molar-refractivity contribution in [2.75, 3.05) is 18.9 Å². The molecule has 0 spiro atoms. The van der Waals surface area contributed by atoms with Crippen LogP contribution < -0.4 is 0 Å². The molecule has 0 rings (SSSR count). The van der Waals surface area contributed by atoms with E-state index in [2.05, 4.69) is 20.8 Å². The molecule has 0 atom stereocenters. The van der Waals surface area contributed by atoms with Gasteiger partial charge in [-0.25, -0.2) is 0 Å². The Morgan fingerprint density at radius 2 is 1.22 bits per heavy atom. The van der Waals surface area contributed by atoms with Gasteiger partial charge in [-0.05, 0) is 0 Å². The summed E-state index contributed by atoms with van der Waals surface area (Å²) in [5.41, 5.74) is 0. The predicted octanol–water partition coefficient (Wildman–Crippen LogP) is 4.47. The Balaban J connectivity index is 4.18. The molecule has 0 aromatic heterocycles. The summed E-state index contributed by atoms with van der Waals surface area (Å²) >= 11 is 0. The van der Waals surface area contributed by atoms with Gasteiger partial charge in [-0.3, -0.25) is 0 Å². The van der Waals surface area contributed by atoms with Crippen LogP contribution in [0.5, 0.6) is 0 Å². The Morgan fingerprint density at radius 1 is 0.722 bits per heavy atom. The fraction of sp³-hybridized carbons (Fsp3) is 1.00. The topological polar surface area (TPSA) is 49.7 Å². The van der Waals surface area contributed by atoms with E-state index in [-0.39, 0.29) is 0 Å². The summed E-state index contributed by atoms with van der Waals surface area (Å²) in [5.74, 6) is 0. The SMILES string of the molecule is CCCCCCOP(O)(O)(CCCC)CCCC. The Bertz CT molecular complexity index is 195. The van der Waals surface area contributed by atoms with Crippen LogP contribution in [-0.4, -0.2) is 28.7 Å². The Morgan fingerprint density at radius 3 is 1.67 bits per heavy atom. The summed E-state index contributed by atoms with van der Waals surface area (Å²) in [4.78, 5) is 21.1. The third-order valence-electron chi connectivity index (χ3n) is 3.31. The third-order valence-corrected chi connectivity index (χ3v) is 6.52. The van der Waals surface area contributed by atoms with Gasteiger partial charge in [0, 0.05) is 0 Å². The van der Waals surface area contributed by atoms with Gasteiger partial charge in [-0.2, -0.15) is 0 Å². The first-order valence-corrected chi connectivity index (χ1v) is 10.1. The molecule has 0 amide bonds. The van der Waals surface area contributed by atoms with E-state index in [0.717, 1.165) is 38.5 Å². The average Bonchev–Trinajstić information content (AvgIpc) is 2.35. The predicted molar refractivity (Wildman–Crippen MR) is 81.0 cm³/mol. The van der Waals surface area contributed by atoms with Crippen molar-refractivity contribution in [2.45, 2.75) is 72.1 Å². The first-order valence-electron chi connectivity index (χ1n) is 7.63. The van der Waals surface area contributed by atoms with Crippen molar-refractivity contribution in [3.63, 3.8) is 0 Å². The molecule has 112 valence electrons. The fourth-order valence-electron chi connectivity index (χ4n) is 2.00. The van der Waals surface area contributed by atoms with Crippen molar-refractivity contribution < 1.29 is 14.3 Å². The van der Waals surface area contributed by atoms with Gasteiger partial charge < -0.3 is 0 Å². The summed E-state index contributed by atoms with van der Waals surface area (Å²) in [5, 5.41) is 0. The van der Waals surface area contributed by atoms with E-state index in [9.17, 15) is 9.79 Å². The van der Waals surface area contributed by atoms with Crippen LogP contribution in [0.1, 0.15) is 72.1 Å². The zero-order valence-electron chi connectivity index (χ0n) is 12.5. The number of unbranched alkanes of at least 4 members (excludes halogenated alkanes) is 5. The molecule has 0 aromatic carbocycles. The Labute approximate surface area is 113 Å². The summed E-state index contributed by atoms with van der Waals surface area (Å²) in [6, 6.07) is 0. The van der Waals surface area contributed by atoms with E-state index in [1.807, 2.05) is 0 Å². The molecule has 0 radical (unpaired) electrons. The van der Waals surface area contributed by atoms with Gasteiger partial charge in [0.25, 0.3) is 0 Å². The summed E-state index contributed by atoms with van der Waals surface area (Å²) in [6.07, 6.45) is 8.94. The molecule has 18 heavy (non-hydrogen) atoms. The van der Waals surface area contributed by atoms with E-state index < -0.39 is 7.28 Å². The van der Waals surface area contributed by atoms with Crippen LogP contribution in [0.2, 0.25) is 0 Å². The van der Waals surface area contributed by atoms with Crippen molar-refractivity contribution >= 4 is 7.28 Å². The second-order valence-corrected chi connectivity index (χ2v) is 9.10. The first kappa shape index (κ1) is 18.3. The second-order valence-electron chi connectivity index (χ2n) is 5.35. The fourth-order valence-corrected chi connectivity index (χ4v) is 4.93. The van der Waals surface area contributed by atoms with Crippen LogP contribution in [0.25, 0.3) is 0 Å². The molecule has 2 N–H and O–H groups in total. The van der Waals surface area contributed by atoms with E-state index in [0.29, 0.717) is 18.9 Å². The quantitative estimate of drug-likeness (QED) is 0.410. The summed E-state index contributed by atoms with van der Waals surface area (Å²) in [7, 11) is -3.83. The molecule has 0 saturated heterocycles. The molecule has 0 aliphatic rings. The van der Waals surface area contributed by atoms with Crippen LogP contribution >= 0.6 is 7.28 Å². The van der Waals surface area contributed by atoms with E-state index in [1.165, 1.54) is 12.8 Å². The normalized spacial score (nSPS) is 14.4. The second kappa shape index (κ2) is 9.25. The van der Waals surface area contributed by atoms with Crippen LogP contribution in [0, 0.1) is 0 Å². The molecule has 0 bridgehead atoms. The minimum absolute atomic E-state index is 0.440. The van der Waals surface area contributed by atoms with E-state index in [4.69, 9.17) is 4.52 Å². The van der Waals surface area contributed by atoms with Crippen molar-refractivity contribution in [3.8, 4) is 0 Å². The number of rotatable bonds is 12. The van der Waals surface area contributed by atoms with Crippen LogP contribution in [0.4, 0.5) is 0 Å². The summed E-state index contributed by atoms with van der Waals surface area (Å²) < 4.78 is 5.61. The van der Waals surface area contributed by atoms with Crippen LogP contribution in [0.15, 0.2) is 0 Å². The molecular formula is C14H33O3P. The molecular weight excluding hydrogens is 247 g/mol. The third kappa shape index (κ3) is 8.42. The molecule has 0 saturated carbocycles. The molecule has 0 aliphatic carbocycles. The van der Waals surface area contributed by atoms with Gasteiger partial charge in [0.15, 0.2) is 0 Å². The molecule has 0 aliphatic heterocycles. The summed E-state index contributed by atoms with van der Waals surface area (Å²) in [6.45, 7) is 6.80.